The van der Waals surface area contributed by atoms with E-state index in [1.165, 1.54) is 0 Å². The molecule has 3 N–H and O–H groups in total. The minimum absolute atomic E-state index is 0.0862. The van der Waals surface area contributed by atoms with Gasteiger partial charge in [0.05, 0.1) is 0 Å². The maximum Gasteiger partial charge on any atom is 0.129 e. The van der Waals surface area contributed by atoms with Gasteiger partial charge >= 0.3 is 0 Å². The molecule has 4 heteroatoms. The normalized spacial score (nSPS) is 12.1. The average molecular weight is 224 g/mol. The molecule has 0 bridgehead atoms. The van der Waals surface area contributed by atoms with Gasteiger partial charge in [0.25, 0.3) is 0 Å². The molecule has 0 saturated carbocycles. The second kappa shape index (κ2) is 6.41. The van der Waals surface area contributed by atoms with Gasteiger partial charge in [-0.05, 0) is 24.5 Å². The Labute approximate surface area is 95.0 Å². The minimum Gasteiger partial charge on any atom is -0.271 e. The third-order valence-electron chi connectivity index (χ3n) is 2.17. The third-order valence-corrected chi connectivity index (χ3v) is 2.39. The standard InChI is InChI=1S/C11H14ClN3/c1-2-3-4-5-10(15-13)9-6-7-11(12)14-8-9/h1,6-8,10,15H,3-5,13H2. The van der Waals surface area contributed by atoms with Crippen molar-refractivity contribution in [1.82, 2.24) is 10.4 Å². The molecular weight excluding hydrogens is 210 g/mol. The van der Waals surface area contributed by atoms with Crippen molar-refractivity contribution < 1.29 is 0 Å². The van der Waals surface area contributed by atoms with E-state index >= 15 is 0 Å². The molecule has 80 valence electrons. The Morgan fingerprint density at radius 2 is 2.40 bits per heavy atom. The number of terminal acetylenes is 1. The Bertz CT molecular complexity index is 329. The molecule has 0 spiro atoms. The first kappa shape index (κ1) is 12.0. The maximum atomic E-state index is 5.70. The molecular formula is C11H14ClN3. The van der Waals surface area contributed by atoms with Gasteiger partial charge in [0.1, 0.15) is 5.15 Å². The van der Waals surface area contributed by atoms with Crippen LogP contribution in [-0.2, 0) is 0 Å². The summed E-state index contributed by atoms with van der Waals surface area (Å²) in [7, 11) is 0. The van der Waals surface area contributed by atoms with Crippen molar-refractivity contribution >= 4 is 11.6 Å². The lowest BCUT2D eigenvalue weighted by atomic mass is 10.0. The lowest BCUT2D eigenvalue weighted by Gasteiger charge is -2.15. The zero-order valence-electron chi connectivity index (χ0n) is 8.41. The zero-order valence-corrected chi connectivity index (χ0v) is 9.17. The summed E-state index contributed by atoms with van der Waals surface area (Å²) in [5.74, 6) is 8.07. The molecule has 0 radical (unpaired) electrons. The van der Waals surface area contributed by atoms with E-state index in [4.69, 9.17) is 23.9 Å². The number of nitrogens with two attached hydrogens (primary N) is 1. The van der Waals surface area contributed by atoms with E-state index in [1.54, 1.807) is 12.3 Å². The molecule has 1 unspecified atom stereocenters. The average Bonchev–Trinajstić information content (AvgIpc) is 2.26. The van der Waals surface area contributed by atoms with E-state index < -0.39 is 0 Å². The number of hydrogen-bond acceptors (Lipinski definition) is 3. The fourth-order valence-corrected chi connectivity index (χ4v) is 1.46. The van der Waals surface area contributed by atoms with Crippen LogP contribution in [0.3, 0.4) is 0 Å². The number of nitrogens with one attached hydrogen (secondary N) is 1. The molecule has 0 aromatic carbocycles. The van der Waals surface area contributed by atoms with E-state index in [1.807, 2.05) is 6.07 Å². The highest BCUT2D eigenvalue weighted by Gasteiger charge is 2.08. The van der Waals surface area contributed by atoms with Crippen LogP contribution in [0.1, 0.15) is 30.9 Å². The highest BCUT2D eigenvalue weighted by atomic mass is 35.5. The fraction of sp³-hybridized carbons (Fsp3) is 0.364. The number of unbranched alkanes of at least 4 members (excludes halogenated alkanes) is 1. The van der Waals surface area contributed by atoms with Crippen LogP contribution < -0.4 is 11.3 Å². The summed E-state index contributed by atoms with van der Waals surface area (Å²) >= 11 is 5.70. The lowest BCUT2D eigenvalue weighted by Crippen LogP contribution is -2.28. The van der Waals surface area contributed by atoms with E-state index in [2.05, 4.69) is 16.3 Å². The van der Waals surface area contributed by atoms with Crippen LogP contribution in [0.4, 0.5) is 0 Å². The summed E-state index contributed by atoms with van der Waals surface area (Å²) in [6.07, 6.45) is 9.50. The minimum atomic E-state index is 0.0862. The number of nitrogens with zero attached hydrogens (tertiary/aromatic N) is 1. The summed E-state index contributed by atoms with van der Waals surface area (Å²) in [6, 6.07) is 3.75. The molecule has 0 aliphatic heterocycles. The molecule has 1 rings (SSSR count). The quantitative estimate of drug-likeness (QED) is 0.264. The number of aromatic nitrogens is 1. The molecule has 0 aliphatic carbocycles. The van der Waals surface area contributed by atoms with Crippen molar-refractivity contribution in [2.24, 2.45) is 5.84 Å². The molecule has 1 aromatic heterocycles. The van der Waals surface area contributed by atoms with Crippen molar-refractivity contribution in [3.8, 4) is 12.3 Å². The van der Waals surface area contributed by atoms with Crippen LogP contribution in [0.5, 0.6) is 0 Å². The number of hydrazine groups is 1. The van der Waals surface area contributed by atoms with E-state index in [0.29, 0.717) is 5.15 Å². The predicted octanol–water partition coefficient (Wildman–Crippen LogP) is 2.04. The second-order valence-corrected chi connectivity index (χ2v) is 3.62. The van der Waals surface area contributed by atoms with Crippen molar-refractivity contribution in [2.75, 3.05) is 0 Å². The van der Waals surface area contributed by atoms with E-state index in [0.717, 1.165) is 24.8 Å². The highest BCUT2D eigenvalue weighted by molar-refractivity contribution is 6.29. The predicted molar refractivity (Wildman–Crippen MR) is 62.0 cm³/mol. The maximum absolute atomic E-state index is 5.70. The van der Waals surface area contributed by atoms with Gasteiger partial charge in [0.15, 0.2) is 0 Å². The summed E-state index contributed by atoms with van der Waals surface area (Å²) in [4.78, 5) is 4.01. The number of hydrogen-bond donors (Lipinski definition) is 2. The smallest absolute Gasteiger partial charge is 0.129 e. The van der Waals surface area contributed by atoms with Crippen molar-refractivity contribution in [2.45, 2.75) is 25.3 Å². The molecule has 3 nitrogen and oxygen atoms in total. The SMILES string of the molecule is C#CCCCC(NN)c1ccc(Cl)nc1. The van der Waals surface area contributed by atoms with Crippen LogP contribution in [-0.4, -0.2) is 4.98 Å². The van der Waals surface area contributed by atoms with Gasteiger partial charge < -0.3 is 0 Å². The van der Waals surface area contributed by atoms with Gasteiger partial charge in [-0.2, -0.15) is 0 Å². The zero-order chi connectivity index (χ0) is 11.1. The van der Waals surface area contributed by atoms with Crippen LogP contribution in [0.2, 0.25) is 5.15 Å². The van der Waals surface area contributed by atoms with Crippen LogP contribution in [0.15, 0.2) is 18.3 Å². The Kier molecular flexibility index (Phi) is 5.13. The van der Waals surface area contributed by atoms with E-state index in [9.17, 15) is 0 Å². The monoisotopic (exact) mass is 223 g/mol. The van der Waals surface area contributed by atoms with Gasteiger partial charge in [-0.1, -0.05) is 17.7 Å². The summed E-state index contributed by atoms with van der Waals surface area (Å²) in [5.41, 5.74) is 3.77. The van der Waals surface area contributed by atoms with E-state index in [-0.39, 0.29) is 6.04 Å². The second-order valence-electron chi connectivity index (χ2n) is 3.23. The fourth-order valence-electron chi connectivity index (χ4n) is 1.35. The largest absolute Gasteiger partial charge is 0.271 e. The number of halogens is 1. The van der Waals surface area contributed by atoms with Crippen molar-refractivity contribution in [3.05, 3.63) is 29.0 Å². The molecule has 0 fully saturated rings. The first-order valence-electron chi connectivity index (χ1n) is 4.79. The molecule has 0 amide bonds. The van der Waals surface area contributed by atoms with Crippen LogP contribution in [0, 0.1) is 12.3 Å². The summed E-state index contributed by atoms with van der Waals surface area (Å²) in [5, 5.41) is 0.484. The first-order valence-corrected chi connectivity index (χ1v) is 5.16. The lowest BCUT2D eigenvalue weighted by molar-refractivity contribution is 0.501. The molecule has 1 aromatic rings. The number of pyridine rings is 1. The Morgan fingerprint density at radius 1 is 1.60 bits per heavy atom. The molecule has 1 heterocycles. The molecule has 15 heavy (non-hydrogen) atoms. The Hall–Kier alpha value is -1.08. The van der Waals surface area contributed by atoms with Gasteiger partial charge in [-0.15, -0.1) is 12.3 Å². The molecule has 1 atom stereocenters. The Balaban J connectivity index is 2.58. The van der Waals surface area contributed by atoms with Gasteiger partial charge in [0, 0.05) is 18.7 Å². The molecule has 0 saturated heterocycles. The van der Waals surface area contributed by atoms with Gasteiger partial charge in [-0.25, -0.2) is 4.98 Å². The molecule has 0 aliphatic rings. The third kappa shape index (κ3) is 3.88. The first-order chi connectivity index (χ1) is 7.27. The summed E-state index contributed by atoms with van der Waals surface area (Å²) in [6.45, 7) is 0. The highest BCUT2D eigenvalue weighted by Crippen LogP contribution is 2.18. The van der Waals surface area contributed by atoms with Crippen LogP contribution in [0.25, 0.3) is 0 Å². The topological polar surface area (TPSA) is 50.9 Å². The van der Waals surface area contributed by atoms with Gasteiger partial charge in [-0.3, -0.25) is 11.3 Å². The van der Waals surface area contributed by atoms with Crippen LogP contribution >= 0.6 is 11.6 Å². The van der Waals surface area contributed by atoms with Crippen molar-refractivity contribution in [1.29, 1.82) is 0 Å². The van der Waals surface area contributed by atoms with Gasteiger partial charge in [0.2, 0.25) is 0 Å². The number of rotatable bonds is 5. The van der Waals surface area contributed by atoms with Crippen molar-refractivity contribution in [3.63, 3.8) is 0 Å². The summed E-state index contributed by atoms with van der Waals surface area (Å²) < 4.78 is 0. The Morgan fingerprint density at radius 3 is 2.93 bits per heavy atom.